The summed E-state index contributed by atoms with van der Waals surface area (Å²) in [6.07, 6.45) is 2.10. The first-order chi connectivity index (χ1) is 8.15. The smallest absolute Gasteiger partial charge is 0.159 e. The van der Waals surface area contributed by atoms with Crippen molar-refractivity contribution in [3.8, 4) is 0 Å². The van der Waals surface area contributed by atoms with Crippen LogP contribution in [-0.4, -0.2) is 19.0 Å². The molecule has 0 aliphatic rings. The number of carbonyl (C=O) groups is 1. The van der Waals surface area contributed by atoms with E-state index in [0.717, 1.165) is 31.6 Å². The van der Waals surface area contributed by atoms with Gasteiger partial charge in [0.05, 0.1) is 0 Å². The van der Waals surface area contributed by atoms with Crippen molar-refractivity contribution in [1.82, 2.24) is 0 Å². The highest BCUT2D eigenvalue weighted by molar-refractivity contribution is 5.94. The standard InChI is InChI=1S/C15H22O2/c1-4-10-17-11-9-12(2)14-5-7-15(8-6-14)13(3)16/h5-8,12H,4,9-11H2,1-3H3. The molecule has 0 aliphatic carbocycles. The van der Waals surface area contributed by atoms with Gasteiger partial charge in [-0.05, 0) is 31.2 Å². The summed E-state index contributed by atoms with van der Waals surface area (Å²) in [5.41, 5.74) is 2.05. The van der Waals surface area contributed by atoms with Gasteiger partial charge >= 0.3 is 0 Å². The molecular formula is C15H22O2. The lowest BCUT2D eigenvalue weighted by molar-refractivity contribution is 0.101. The van der Waals surface area contributed by atoms with E-state index in [1.54, 1.807) is 6.92 Å². The molecule has 0 saturated carbocycles. The average molecular weight is 234 g/mol. The molecule has 2 nitrogen and oxygen atoms in total. The molecule has 1 unspecified atom stereocenters. The van der Waals surface area contributed by atoms with Gasteiger partial charge in [-0.1, -0.05) is 38.1 Å². The molecule has 0 heterocycles. The molecule has 1 rings (SSSR count). The third-order valence-corrected chi connectivity index (χ3v) is 2.93. The highest BCUT2D eigenvalue weighted by Crippen LogP contribution is 2.19. The Kier molecular flexibility index (Phi) is 5.92. The molecule has 0 aliphatic heterocycles. The van der Waals surface area contributed by atoms with Gasteiger partial charge in [-0.25, -0.2) is 0 Å². The van der Waals surface area contributed by atoms with Gasteiger partial charge < -0.3 is 4.74 Å². The van der Waals surface area contributed by atoms with Crippen LogP contribution < -0.4 is 0 Å². The van der Waals surface area contributed by atoms with Crippen LogP contribution in [-0.2, 0) is 4.74 Å². The molecule has 1 atom stereocenters. The molecule has 0 amide bonds. The molecule has 1 aromatic rings. The van der Waals surface area contributed by atoms with E-state index < -0.39 is 0 Å². The SMILES string of the molecule is CCCOCCC(C)c1ccc(C(C)=O)cc1. The number of carbonyl (C=O) groups excluding carboxylic acids is 1. The van der Waals surface area contributed by atoms with Crippen LogP contribution in [0.25, 0.3) is 0 Å². The van der Waals surface area contributed by atoms with Gasteiger partial charge in [0.1, 0.15) is 0 Å². The van der Waals surface area contributed by atoms with Crippen molar-refractivity contribution in [3.63, 3.8) is 0 Å². The van der Waals surface area contributed by atoms with E-state index >= 15 is 0 Å². The molecule has 17 heavy (non-hydrogen) atoms. The maximum Gasteiger partial charge on any atom is 0.159 e. The maximum absolute atomic E-state index is 11.2. The lowest BCUT2D eigenvalue weighted by atomic mass is 9.96. The normalized spacial score (nSPS) is 12.4. The Morgan fingerprint density at radius 2 is 1.88 bits per heavy atom. The van der Waals surface area contributed by atoms with Gasteiger partial charge in [-0.15, -0.1) is 0 Å². The summed E-state index contributed by atoms with van der Waals surface area (Å²) in [5, 5.41) is 0. The van der Waals surface area contributed by atoms with Gasteiger partial charge in [-0.3, -0.25) is 4.79 Å². The zero-order valence-electron chi connectivity index (χ0n) is 11.0. The lowest BCUT2D eigenvalue weighted by Crippen LogP contribution is -2.02. The first-order valence-corrected chi connectivity index (χ1v) is 6.33. The predicted octanol–water partition coefficient (Wildman–Crippen LogP) is 3.81. The zero-order valence-corrected chi connectivity index (χ0v) is 11.0. The number of hydrogen-bond acceptors (Lipinski definition) is 2. The molecule has 0 saturated heterocycles. The van der Waals surface area contributed by atoms with Crippen molar-refractivity contribution in [1.29, 1.82) is 0 Å². The third-order valence-electron chi connectivity index (χ3n) is 2.93. The first kappa shape index (κ1) is 13.9. The van der Waals surface area contributed by atoms with E-state index in [2.05, 4.69) is 13.8 Å². The molecule has 2 heteroatoms. The van der Waals surface area contributed by atoms with E-state index in [-0.39, 0.29) is 5.78 Å². The number of Topliss-reactive ketones (excluding diaryl/α,β-unsaturated/α-hetero) is 1. The topological polar surface area (TPSA) is 26.3 Å². The van der Waals surface area contributed by atoms with Gasteiger partial charge in [-0.2, -0.15) is 0 Å². The number of rotatable bonds is 7. The largest absolute Gasteiger partial charge is 0.381 e. The molecule has 0 N–H and O–H groups in total. The van der Waals surface area contributed by atoms with Gasteiger partial charge in [0.15, 0.2) is 5.78 Å². The second-order valence-corrected chi connectivity index (χ2v) is 4.48. The van der Waals surface area contributed by atoms with Gasteiger partial charge in [0, 0.05) is 18.8 Å². The van der Waals surface area contributed by atoms with Gasteiger partial charge in [0.25, 0.3) is 0 Å². The van der Waals surface area contributed by atoms with Crippen LogP contribution in [0.2, 0.25) is 0 Å². The lowest BCUT2D eigenvalue weighted by Gasteiger charge is -2.12. The molecule has 0 radical (unpaired) electrons. The summed E-state index contributed by atoms with van der Waals surface area (Å²) in [6, 6.07) is 7.89. The predicted molar refractivity (Wildman–Crippen MR) is 70.6 cm³/mol. The van der Waals surface area contributed by atoms with E-state index in [1.165, 1.54) is 5.56 Å². The minimum absolute atomic E-state index is 0.121. The summed E-state index contributed by atoms with van der Waals surface area (Å²) < 4.78 is 5.48. The van der Waals surface area contributed by atoms with Gasteiger partial charge in [0.2, 0.25) is 0 Å². The summed E-state index contributed by atoms with van der Waals surface area (Å²) in [4.78, 5) is 11.2. The van der Waals surface area contributed by atoms with E-state index in [9.17, 15) is 4.79 Å². The van der Waals surface area contributed by atoms with Crippen molar-refractivity contribution in [3.05, 3.63) is 35.4 Å². The van der Waals surface area contributed by atoms with Crippen molar-refractivity contribution >= 4 is 5.78 Å². The van der Waals surface area contributed by atoms with Crippen LogP contribution in [0.5, 0.6) is 0 Å². The van der Waals surface area contributed by atoms with E-state index in [1.807, 2.05) is 24.3 Å². The molecule has 0 spiro atoms. The summed E-state index contributed by atoms with van der Waals surface area (Å²) >= 11 is 0. The average Bonchev–Trinajstić information content (AvgIpc) is 2.34. The first-order valence-electron chi connectivity index (χ1n) is 6.33. The Hall–Kier alpha value is -1.15. The Morgan fingerprint density at radius 3 is 2.41 bits per heavy atom. The fourth-order valence-corrected chi connectivity index (χ4v) is 1.72. The maximum atomic E-state index is 11.2. The molecular weight excluding hydrogens is 212 g/mol. The summed E-state index contributed by atoms with van der Waals surface area (Å²) in [5.74, 6) is 0.600. The minimum atomic E-state index is 0.121. The minimum Gasteiger partial charge on any atom is -0.381 e. The second kappa shape index (κ2) is 7.23. The number of ether oxygens (including phenoxy) is 1. The number of ketones is 1. The van der Waals surface area contributed by atoms with Crippen LogP contribution in [0.1, 0.15) is 55.5 Å². The molecule has 0 fully saturated rings. The van der Waals surface area contributed by atoms with Crippen LogP contribution in [0.3, 0.4) is 0 Å². The Bertz CT molecular complexity index is 340. The molecule has 94 valence electrons. The quantitative estimate of drug-likeness (QED) is 0.529. The molecule has 0 aromatic heterocycles. The Balaban J connectivity index is 2.46. The fraction of sp³-hybridized carbons (Fsp3) is 0.533. The van der Waals surface area contributed by atoms with E-state index in [0.29, 0.717) is 5.92 Å². The third kappa shape index (κ3) is 4.70. The highest BCUT2D eigenvalue weighted by atomic mass is 16.5. The summed E-state index contributed by atoms with van der Waals surface area (Å²) in [6.45, 7) is 7.55. The Morgan fingerprint density at radius 1 is 1.24 bits per heavy atom. The Labute approximate surface area is 104 Å². The highest BCUT2D eigenvalue weighted by Gasteiger charge is 2.06. The van der Waals surface area contributed by atoms with Crippen molar-refractivity contribution in [2.24, 2.45) is 0 Å². The zero-order chi connectivity index (χ0) is 12.7. The van der Waals surface area contributed by atoms with Crippen LogP contribution in [0.4, 0.5) is 0 Å². The van der Waals surface area contributed by atoms with Crippen LogP contribution in [0, 0.1) is 0 Å². The number of hydrogen-bond donors (Lipinski definition) is 0. The molecule has 0 bridgehead atoms. The van der Waals surface area contributed by atoms with Crippen molar-refractivity contribution in [2.45, 2.75) is 39.5 Å². The molecule has 1 aromatic carbocycles. The second-order valence-electron chi connectivity index (χ2n) is 4.48. The van der Waals surface area contributed by atoms with Crippen molar-refractivity contribution < 1.29 is 9.53 Å². The number of benzene rings is 1. The fourth-order valence-electron chi connectivity index (χ4n) is 1.72. The summed E-state index contributed by atoms with van der Waals surface area (Å²) in [7, 11) is 0. The van der Waals surface area contributed by atoms with Crippen LogP contribution in [0.15, 0.2) is 24.3 Å². The van der Waals surface area contributed by atoms with Crippen LogP contribution >= 0.6 is 0 Å². The monoisotopic (exact) mass is 234 g/mol. The van der Waals surface area contributed by atoms with Crippen molar-refractivity contribution in [2.75, 3.05) is 13.2 Å². The van der Waals surface area contributed by atoms with E-state index in [4.69, 9.17) is 4.74 Å².